The van der Waals surface area contributed by atoms with Crippen LogP contribution in [0.1, 0.15) is 40.0 Å². The third-order valence-electron chi connectivity index (χ3n) is 4.40. The van der Waals surface area contributed by atoms with E-state index >= 15 is 0 Å². The Morgan fingerprint density at radius 3 is 2.20 bits per heavy atom. The lowest BCUT2D eigenvalue weighted by Crippen LogP contribution is -2.50. The molecule has 1 aliphatic carbocycles. The Kier molecular flexibility index (Phi) is 5.47. The molecule has 3 atom stereocenters. The molecule has 8 heteroatoms. The zero-order chi connectivity index (χ0) is 15.4. The molecular formula is C12H24N6OSi. The van der Waals surface area contributed by atoms with Crippen molar-refractivity contribution in [3.63, 3.8) is 0 Å². The summed E-state index contributed by atoms with van der Waals surface area (Å²) in [5.41, 5.74) is 17.4. The highest BCUT2D eigenvalue weighted by Gasteiger charge is 2.42. The molecule has 0 spiro atoms. The Morgan fingerprint density at radius 2 is 1.70 bits per heavy atom. The fourth-order valence-electron chi connectivity index (χ4n) is 2.20. The highest BCUT2D eigenvalue weighted by molar-refractivity contribution is 6.74. The molecule has 0 radical (unpaired) electrons. The first-order valence-electron chi connectivity index (χ1n) is 6.99. The van der Waals surface area contributed by atoms with Gasteiger partial charge in [0.1, 0.15) is 0 Å². The summed E-state index contributed by atoms with van der Waals surface area (Å²) >= 11 is 0. The zero-order valence-corrected chi connectivity index (χ0v) is 13.9. The molecule has 0 heterocycles. The molecule has 7 nitrogen and oxygen atoms in total. The first-order valence-corrected chi connectivity index (χ1v) is 9.90. The lowest BCUT2D eigenvalue weighted by molar-refractivity contribution is 0.106. The van der Waals surface area contributed by atoms with Crippen LogP contribution >= 0.6 is 0 Å². The quantitative estimate of drug-likeness (QED) is 0.312. The van der Waals surface area contributed by atoms with E-state index in [0.717, 1.165) is 19.3 Å². The predicted octanol–water partition coefficient (Wildman–Crippen LogP) is 4.92. The second-order valence-electron chi connectivity index (χ2n) is 6.82. The van der Waals surface area contributed by atoms with E-state index in [9.17, 15) is 0 Å². The van der Waals surface area contributed by atoms with Gasteiger partial charge in [0.25, 0.3) is 0 Å². The smallest absolute Gasteiger partial charge is 0.192 e. The van der Waals surface area contributed by atoms with Gasteiger partial charge in [-0.05, 0) is 42.0 Å². The molecule has 1 saturated carbocycles. The fraction of sp³-hybridized carbons (Fsp3) is 1.00. The molecule has 20 heavy (non-hydrogen) atoms. The fourth-order valence-corrected chi connectivity index (χ4v) is 3.57. The van der Waals surface area contributed by atoms with Gasteiger partial charge in [0, 0.05) is 15.9 Å². The first-order chi connectivity index (χ1) is 9.23. The molecule has 0 aliphatic heterocycles. The van der Waals surface area contributed by atoms with Crippen molar-refractivity contribution in [2.24, 2.45) is 10.2 Å². The van der Waals surface area contributed by atoms with Crippen LogP contribution in [-0.4, -0.2) is 26.5 Å². The van der Waals surface area contributed by atoms with Gasteiger partial charge in [-0.1, -0.05) is 37.4 Å². The molecule has 0 aromatic rings. The summed E-state index contributed by atoms with van der Waals surface area (Å²) in [5.74, 6) is 0. The first kappa shape index (κ1) is 16.9. The monoisotopic (exact) mass is 296 g/mol. The minimum Gasteiger partial charge on any atom is -0.414 e. The Hall–Kier alpha value is -1.20. The van der Waals surface area contributed by atoms with Gasteiger partial charge in [0.15, 0.2) is 8.32 Å². The highest BCUT2D eigenvalue weighted by Crippen LogP contribution is 2.40. The van der Waals surface area contributed by atoms with Crippen LogP contribution < -0.4 is 0 Å². The molecule has 0 aromatic carbocycles. The molecule has 0 saturated heterocycles. The summed E-state index contributed by atoms with van der Waals surface area (Å²) in [5, 5.41) is 7.72. The van der Waals surface area contributed by atoms with E-state index in [1.807, 2.05) is 0 Å². The van der Waals surface area contributed by atoms with Crippen LogP contribution in [0, 0.1) is 0 Å². The Balaban J connectivity index is 2.96. The zero-order valence-electron chi connectivity index (χ0n) is 12.9. The van der Waals surface area contributed by atoms with E-state index in [4.69, 9.17) is 15.5 Å². The van der Waals surface area contributed by atoms with Crippen LogP contribution in [0.2, 0.25) is 18.1 Å². The standard InChI is InChI=1S/C12H24N6OSi/c1-12(2,3)20(4,5)19-10-8-6-7-9(15-17-13)11(10)16-18-14/h9-11H,6-8H2,1-5H3/t9?,10-,11?/m0/s1. The van der Waals surface area contributed by atoms with E-state index < -0.39 is 14.4 Å². The van der Waals surface area contributed by atoms with Crippen LogP contribution in [-0.2, 0) is 4.43 Å². The summed E-state index contributed by atoms with van der Waals surface area (Å²) in [6, 6.07) is -0.682. The average molecular weight is 296 g/mol. The van der Waals surface area contributed by atoms with Crippen molar-refractivity contribution in [3.05, 3.63) is 20.9 Å². The van der Waals surface area contributed by atoms with Crippen molar-refractivity contribution < 1.29 is 4.43 Å². The maximum atomic E-state index is 8.76. The second kappa shape index (κ2) is 6.50. The summed E-state index contributed by atoms with van der Waals surface area (Å²) in [6.07, 6.45) is 2.40. The van der Waals surface area contributed by atoms with Gasteiger partial charge in [-0.25, -0.2) is 0 Å². The normalized spacial score (nSPS) is 27.4. The van der Waals surface area contributed by atoms with Crippen molar-refractivity contribution in [3.8, 4) is 0 Å². The van der Waals surface area contributed by atoms with Gasteiger partial charge in [-0.2, -0.15) is 0 Å². The molecule has 0 N–H and O–H groups in total. The van der Waals surface area contributed by atoms with Gasteiger partial charge in [0.2, 0.25) is 0 Å². The third-order valence-corrected chi connectivity index (χ3v) is 8.91. The summed E-state index contributed by atoms with van der Waals surface area (Å²) in [6.45, 7) is 10.9. The van der Waals surface area contributed by atoms with Crippen LogP contribution in [0.5, 0.6) is 0 Å². The highest BCUT2D eigenvalue weighted by atomic mass is 28.4. The lowest BCUT2D eigenvalue weighted by Gasteiger charge is -2.43. The van der Waals surface area contributed by atoms with Crippen molar-refractivity contribution in [2.75, 3.05) is 0 Å². The van der Waals surface area contributed by atoms with Crippen molar-refractivity contribution >= 4 is 8.32 Å². The average Bonchev–Trinajstić information content (AvgIpc) is 2.32. The molecule has 1 fully saturated rings. The second-order valence-corrected chi connectivity index (χ2v) is 11.6. The molecule has 0 aromatic heterocycles. The number of hydrogen-bond donors (Lipinski definition) is 0. The minimum atomic E-state index is -1.93. The molecule has 0 bridgehead atoms. The van der Waals surface area contributed by atoms with Crippen molar-refractivity contribution in [2.45, 2.75) is 76.4 Å². The van der Waals surface area contributed by atoms with E-state index in [0.29, 0.717) is 0 Å². The van der Waals surface area contributed by atoms with E-state index in [-0.39, 0.29) is 17.2 Å². The molecule has 0 amide bonds. The third kappa shape index (κ3) is 3.90. The van der Waals surface area contributed by atoms with E-state index in [1.54, 1.807) is 0 Å². The van der Waals surface area contributed by atoms with Crippen molar-refractivity contribution in [1.29, 1.82) is 0 Å². The minimum absolute atomic E-state index is 0.0966. The number of rotatable bonds is 4. The van der Waals surface area contributed by atoms with Gasteiger partial charge in [-0.15, -0.1) is 0 Å². The van der Waals surface area contributed by atoms with Crippen LogP contribution in [0.3, 0.4) is 0 Å². The summed E-state index contributed by atoms with van der Waals surface area (Å²) in [7, 11) is -1.93. The Morgan fingerprint density at radius 1 is 1.10 bits per heavy atom. The molecule has 112 valence electrons. The van der Waals surface area contributed by atoms with Gasteiger partial charge in [0.05, 0.1) is 12.1 Å². The topological polar surface area (TPSA) is 107 Å². The van der Waals surface area contributed by atoms with Crippen LogP contribution in [0.25, 0.3) is 20.9 Å². The lowest BCUT2D eigenvalue weighted by atomic mass is 9.89. The Bertz CT molecular complexity index is 434. The van der Waals surface area contributed by atoms with Crippen molar-refractivity contribution in [1.82, 2.24) is 0 Å². The number of hydrogen-bond acceptors (Lipinski definition) is 3. The van der Waals surface area contributed by atoms with Gasteiger partial charge < -0.3 is 4.43 Å². The van der Waals surface area contributed by atoms with E-state index in [1.165, 1.54) is 0 Å². The largest absolute Gasteiger partial charge is 0.414 e. The van der Waals surface area contributed by atoms with Gasteiger partial charge >= 0.3 is 0 Å². The summed E-state index contributed by atoms with van der Waals surface area (Å²) < 4.78 is 6.38. The molecule has 1 rings (SSSR count). The number of nitrogens with zero attached hydrogens (tertiary/aromatic N) is 6. The molecular weight excluding hydrogens is 272 g/mol. The maximum absolute atomic E-state index is 8.76. The Labute approximate surface area is 121 Å². The van der Waals surface area contributed by atoms with E-state index in [2.05, 4.69) is 53.9 Å². The molecule has 1 aliphatic rings. The summed E-state index contributed by atoms with van der Waals surface area (Å²) in [4.78, 5) is 5.78. The maximum Gasteiger partial charge on any atom is 0.192 e. The molecule has 2 unspecified atom stereocenters. The van der Waals surface area contributed by atoms with Crippen LogP contribution in [0.15, 0.2) is 10.2 Å². The van der Waals surface area contributed by atoms with Gasteiger partial charge in [-0.3, -0.25) is 0 Å². The SMILES string of the molecule is CC(C)(C)[Si](C)(C)O[C@H]1CCCC(N=[N+]=[N-])C1N=[N+]=[N-]. The van der Waals surface area contributed by atoms with Crippen LogP contribution in [0.4, 0.5) is 0 Å². The number of azide groups is 2. The predicted molar refractivity (Wildman–Crippen MR) is 81.8 cm³/mol.